The first-order valence-electron chi connectivity index (χ1n) is 6.01. The summed E-state index contributed by atoms with van der Waals surface area (Å²) in [5.74, 6) is 0.369. The number of alkyl halides is 4. The highest BCUT2D eigenvalue weighted by atomic mass is 35.5. The molecule has 18 heavy (non-hydrogen) atoms. The zero-order chi connectivity index (χ0) is 13.2. The smallest absolute Gasteiger partial charge is 0.384 e. The maximum Gasteiger partial charge on any atom is 0.418 e. The van der Waals surface area contributed by atoms with Crippen LogP contribution in [0.1, 0.15) is 24.8 Å². The Morgan fingerprint density at radius 1 is 1.22 bits per heavy atom. The summed E-state index contributed by atoms with van der Waals surface area (Å²) < 4.78 is 38.2. The molecule has 1 aliphatic carbocycles. The van der Waals surface area contributed by atoms with Crippen LogP contribution in [0.5, 0.6) is 0 Å². The van der Waals surface area contributed by atoms with E-state index in [1.165, 1.54) is 12.1 Å². The van der Waals surface area contributed by atoms with Crippen molar-refractivity contribution in [1.82, 2.24) is 0 Å². The summed E-state index contributed by atoms with van der Waals surface area (Å²) in [6.45, 7) is 0.552. The number of rotatable bonds is 3. The Labute approximate surface area is 109 Å². The third-order valence-electron chi connectivity index (χ3n) is 3.29. The van der Waals surface area contributed by atoms with Crippen molar-refractivity contribution in [3.05, 3.63) is 29.8 Å². The highest BCUT2D eigenvalue weighted by Gasteiger charge is 2.33. The summed E-state index contributed by atoms with van der Waals surface area (Å²) in [5, 5.41) is 3.08. The van der Waals surface area contributed by atoms with E-state index in [0.29, 0.717) is 12.5 Å². The van der Waals surface area contributed by atoms with Gasteiger partial charge in [0.15, 0.2) is 0 Å². The fourth-order valence-electron chi connectivity index (χ4n) is 2.34. The number of para-hydroxylation sites is 1. The summed E-state index contributed by atoms with van der Waals surface area (Å²) in [4.78, 5) is 0. The second-order valence-electron chi connectivity index (χ2n) is 4.70. The van der Waals surface area contributed by atoms with E-state index in [1.54, 1.807) is 6.07 Å². The maximum atomic E-state index is 12.7. The molecular formula is C13H15ClF3N. The lowest BCUT2D eigenvalue weighted by atomic mass is 10.1. The Morgan fingerprint density at radius 2 is 1.94 bits per heavy atom. The van der Waals surface area contributed by atoms with Gasteiger partial charge in [-0.05, 0) is 37.3 Å². The molecule has 1 aromatic rings. The third-order valence-corrected chi connectivity index (χ3v) is 3.69. The first-order chi connectivity index (χ1) is 8.47. The Kier molecular flexibility index (Phi) is 4.05. The standard InChI is InChI=1S/C13H15ClF3N/c14-10-6-5-9(7-10)8-18-12-4-2-1-3-11(12)13(15,16)17/h1-4,9-10,18H,5-8H2. The Morgan fingerprint density at radius 3 is 2.56 bits per heavy atom. The lowest BCUT2D eigenvalue weighted by Crippen LogP contribution is -2.15. The first kappa shape index (κ1) is 13.5. The van der Waals surface area contributed by atoms with E-state index in [1.807, 2.05) is 0 Å². The molecule has 1 aliphatic rings. The molecule has 1 aromatic carbocycles. The van der Waals surface area contributed by atoms with Gasteiger partial charge in [-0.1, -0.05) is 12.1 Å². The van der Waals surface area contributed by atoms with Crippen LogP contribution in [0, 0.1) is 5.92 Å². The lowest BCUT2D eigenvalue weighted by molar-refractivity contribution is -0.136. The maximum absolute atomic E-state index is 12.7. The summed E-state index contributed by atoms with van der Waals surface area (Å²) in [7, 11) is 0. The van der Waals surface area contributed by atoms with Gasteiger partial charge in [-0.15, -0.1) is 11.6 Å². The molecule has 2 rings (SSSR count). The van der Waals surface area contributed by atoms with E-state index in [-0.39, 0.29) is 11.1 Å². The van der Waals surface area contributed by atoms with Crippen LogP contribution in [-0.2, 0) is 6.18 Å². The molecule has 2 atom stereocenters. The number of nitrogens with one attached hydrogen (secondary N) is 1. The normalized spacial score (nSPS) is 24.2. The van der Waals surface area contributed by atoms with Gasteiger partial charge in [0, 0.05) is 17.6 Å². The summed E-state index contributed by atoms with van der Waals surface area (Å²) in [5.41, 5.74) is -0.451. The predicted octanol–water partition coefficient (Wildman–Crippen LogP) is 4.52. The van der Waals surface area contributed by atoms with E-state index >= 15 is 0 Å². The number of benzene rings is 1. The number of anilines is 1. The lowest BCUT2D eigenvalue weighted by Gasteiger charge is -2.16. The van der Waals surface area contributed by atoms with Gasteiger partial charge in [-0.2, -0.15) is 13.2 Å². The van der Waals surface area contributed by atoms with Crippen molar-refractivity contribution in [3.63, 3.8) is 0 Å². The number of halogens is 4. The molecular weight excluding hydrogens is 263 g/mol. The molecule has 0 spiro atoms. The molecule has 0 amide bonds. The van der Waals surface area contributed by atoms with Crippen LogP contribution in [0.4, 0.5) is 18.9 Å². The van der Waals surface area contributed by atoms with Gasteiger partial charge in [0.05, 0.1) is 5.56 Å². The van der Waals surface area contributed by atoms with E-state index in [4.69, 9.17) is 11.6 Å². The van der Waals surface area contributed by atoms with E-state index < -0.39 is 11.7 Å². The van der Waals surface area contributed by atoms with Crippen molar-refractivity contribution in [2.24, 2.45) is 5.92 Å². The zero-order valence-electron chi connectivity index (χ0n) is 9.80. The molecule has 5 heteroatoms. The SMILES string of the molecule is FC(F)(F)c1ccccc1NCC1CCC(Cl)C1. The molecule has 0 bridgehead atoms. The average Bonchev–Trinajstić information content (AvgIpc) is 2.72. The van der Waals surface area contributed by atoms with E-state index in [2.05, 4.69) is 5.32 Å². The Bertz CT molecular complexity index is 405. The van der Waals surface area contributed by atoms with Crippen molar-refractivity contribution in [3.8, 4) is 0 Å². The predicted molar refractivity (Wildman–Crippen MR) is 66.9 cm³/mol. The van der Waals surface area contributed by atoms with Crippen molar-refractivity contribution >= 4 is 17.3 Å². The molecule has 0 aliphatic heterocycles. The summed E-state index contributed by atoms with van der Waals surface area (Å²) in [6, 6.07) is 5.58. The average molecular weight is 278 g/mol. The second kappa shape index (κ2) is 5.39. The Balaban J connectivity index is 2.01. The molecule has 0 saturated heterocycles. The van der Waals surface area contributed by atoms with Gasteiger partial charge in [0.1, 0.15) is 0 Å². The van der Waals surface area contributed by atoms with Crippen molar-refractivity contribution in [2.75, 3.05) is 11.9 Å². The van der Waals surface area contributed by atoms with Gasteiger partial charge in [-0.25, -0.2) is 0 Å². The van der Waals surface area contributed by atoms with E-state index in [9.17, 15) is 13.2 Å². The van der Waals surface area contributed by atoms with Crippen molar-refractivity contribution in [1.29, 1.82) is 0 Å². The van der Waals surface area contributed by atoms with Gasteiger partial charge in [-0.3, -0.25) is 0 Å². The highest BCUT2D eigenvalue weighted by molar-refractivity contribution is 6.20. The minimum Gasteiger partial charge on any atom is -0.384 e. The minimum absolute atomic E-state index is 0.156. The molecule has 0 heterocycles. The molecule has 2 unspecified atom stereocenters. The number of hydrogen-bond acceptors (Lipinski definition) is 1. The van der Waals surface area contributed by atoms with Crippen LogP contribution < -0.4 is 5.32 Å². The molecule has 0 aromatic heterocycles. The van der Waals surface area contributed by atoms with E-state index in [0.717, 1.165) is 25.3 Å². The highest BCUT2D eigenvalue weighted by Crippen LogP contribution is 2.35. The van der Waals surface area contributed by atoms with Gasteiger partial charge in [0.2, 0.25) is 0 Å². The largest absolute Gasteiger partial charge is 0.418 e. The molecule has 0 radical (unpaired) electrons. The van der Waals surface area contributed by atoms with Crippen LogP contribution in [0.2, 0.25) is 0 Å². The van der Waals surface area contributed by atoms with Gasteiger partial charge in [0.25, 0.3) is 0 Å². The molecule has 1 N–H and O–H groups in total. The fourth-order valence-corrected chi connectivity index (χ4v) is 2.72. The van der Waals surface area contributed by atoms with Crippen LogP contribution in [0.3, 0.4) is 0 Å². The monoisotopic (exact) mass is 277 g/mol. The van der Waals surface area contributed by atoms with Crippen molar-refractivity contribution in [2.45, 2.75) is 30.8 Å². The fraction of sp³-hybridized carbons (Fsp3) is 0.538. The van der Waals surface area contributed by atoms with Crippen LogP contribution in [0.25, 0.3) is 0 Å². The first-order valence-corrected chi connectivity index (χ1v) is 6.44. The summed E-state index contributed by atoms with van der Waals surface area (Å²) >= 11 is 5.98. The van der Waals surface area contributed by atoms with Gasteiger partial charge >= 0.3 is 6.18 Å². The second-order valence-corrected chi connectivity index (χ2v) is 5.32. The van der Waals surface area contributed by atoms with Crippen LogP contribution >= 0.6 is 11.6 Å². The quantitative estimate of drug-likeness (QED) is 0.801. The van der Waals surface area contributed by atoms with Crippen molar-refractivity contribution < 1.29 is 13.2 Å². The number of hydrogen-bond donors (Lipinski definition) is 1. The van der Waals surface area contributed by atoms with Crippen LogP contribution in [-0.4, -0.2) is 11.9 Å². The zero-order valence-corrected chi connectivity index (χ0v) is 10.6. The Hall–Kier alpha value is -0.900. The van der Waals surface area contributed by atoms with Gasteiger partial charge < -0.3 is 5.32 Å². The molecule has 100 valence electrons. The molecule has 1 saturated carbocycles. The minimum atomic E-state index is -4.31. The summed E-state index contributed by atoms with van der Waals surface area (Å²) in [6.07, 6.45) is -1.50. The van der Waals surface area contributed by atoms with Crippen LogP contribution in [0.15, 0.2) is 24.3 Å². The third kappa shape index (κ3) is 3.31. The topological polar surface area (TPSA) is 12.0 Å². The molecule has 1 nitrogen and oxygen atoms in total. The molecule has 1 fully saturated rings.